The van der Waals surface area contributed by atoms with Gasteiger partial charge < -0.3 is 9.88 Å². The number of alkyl halides is 1. The standard InChI is InChI=1S/C27H30F3N3O/c1-16-12-20-19-6-4-5-7-23(19)31-25(20)26(33(16)15-27(2,3)30)24-21(28)13-17(14-22(24)29)32-10-8-18(34)9-11-32/h4-7,13-14,16,26,31H,8-12,15H2,1-3H3/t16-,26-/m1/s1. The molecule has 180 valence electrons. The van der Waals surface area contributed by atoms with Crippen molar-refractivity contribution in [1.29, 1.82) is 0 Å². The van der Waals surface area contributed by atoms with Gasteiger partial charge in [-0.25, -0.2) is 13.2 Å². The molecule has 2 aromatic carbocycles. The summed E-state index contributed by atoms with van der Waals surface area (Å²) in [6, 6.07) is 9.65. The molecule has 7 heteroatoms. The zero-order valence-electron chi connectivity index (χ0n) is 19.8. The molecule has 3 heterocycles. The number of rotatable bonds is 4. The lowest BCUT2D eigenvalue weighted by atomic mass is 9.87. The largest absolute Gasteiger partial charge is 0.370 e. The van der Waals surface area contributed by atoms with Crippen molar-refractivity contribution in [3.05, 3.63) is 64.9 Å². The molecule has 0 saturated carbocycles. The number of carbonyl (C=O) groups excluding carboxylic acids is 1. The SMILES string of the molecule is C[C@@H]1Cc2c([nH]c3ccccc23)[C@@H](c2c(F)cc(N3CCC(=O)CC3)cc2F)N1CC(C)(C)F. The van der Waals surface area contributed by atoms with E-state index in [0.717, 1.165) is 22.2 Å². The number of hydrogen-bond donors (Lipinski definition) is 1. The fourth-order valence-corrected chi connectivity index (χ4v) is 5.53. The smallest absolute Gasteiger partial charge is 0.136 e. The summed E-state index contributed by atoms with van der Waals surface area (Å²) < 4.78 is 46.4. The van der Waals surface area contributed by atoms with Crippen molar-refractivity contribution in [2.24, 2.45) is 0 Å². The van der Waals surface area contributed by atoms with Crippen molar-refractivity contribution in [2.75, 3.05) is 24.5 Å². The average molecular weight is 470 g/mol. The summed E-state index contributed by atoms with van der Waals surface area (Å²) in [5.41, 5.74) is 1.48. The van der Waals surface area contributed by atoms with Gasteiger partial charge in [-0.15, -0.1) is 0 Å². The van der Waals surface area contributed by atoms with Crippen LogP contribution in [-0.4, -0.2) is 47.0 Å². The third-order valence-corrected chi connectivity index (χ3v) is 7.10. The Labute approximate surface area is 197 Å². The minimum atomic E-state index is -1.54. The molecule has 1 aromatic heterocycles. The predicted octanol–water partition coefficient (Wildman–Crippen LogP) is 5.70. The van der Waals surface area contributed by atoms with Crippen LogP contribution in [0.5, 0.6) is 0 Å². The second-order valence-corrected chi connectivity index (χ2v) is 10.3. The summed E-state index contributed by atoms with van der Waals surface area (Å²) in [4.78, 5) is 18.7. The van der Waals surface area contributed by atoms with Crippen LogP contribution >= 0.6 is 0 Å². The van der Waals surface area contributed by atoms with E-state index >= 15 is 8.78 Å². The molecule has 0 bridgehead atoms. The van der Waals surface area contributed by atoms with E-state index < -0.39 is 23.3 Å². The molecule has 0 unspecified atom stereocenters. The maximum atomic E-state index is 15.7. The molecule has 3 aromatic rings. The van der Waals surface area contributed by atoms with Gasteiger partial charge in [0.1, 0.15) is 23.1 Å². The van der Waals surface area contributed by atoms with Gasteiger partial charge in [0.05, 0.1) is 6.04 Å². The number of hydrogen-bond acceptors (Lipinski definition) is 3. The van der Waals surface area contributed by atoms with E-state index in [0.29, 0.717) is 38.0 Å². The van der Waals surface area contributed by atoms with Crippen LogP contribution < -0.4 is 4.90 Å². The number of anilines is 1. The first kappa shape index (κ1) is 23.0. The van der Waals surface area contributed by atoms with Gasteiger partial charge in [-0.1, -0.05) is 18.2 Å². The van der Waals surface area contributed by atoms with E-state index in [4.69, 9.17) is 0 Å². The number of nitrogens with zero attached hydrogens (tertiary/aromatic N) is 2. The Morgan fingerprint density at radius 3 is 2.38 bits per heavy atom. The first-order valence-electron chi connectivity index (χ1n) is 11.9. The first-order valence-corrected chi connectivity index (χ1v) is 11.9. The molecule has 2 aliphatic rings. The molecule has 0 spiro atoms. The Hall–Kier alpha value is -2.80. The van der Waals surface area contributed by atoms with Gasteiger partial charge in [0.25, 0.3) is 0 Å². The predicted molar refractivity (Wildman–Crippen MR) is 128 cm³/mol. The third-order valence-electron chi connectivity index (χ3n) is 7.10. The molecule has 0 amide bonds. The molecular formula is C27H30F3N3O. The summed E-state index contributed by atoms with van der Waals surface area (Å²) in [7, 11) is 0. The Bertz CT molecular complexity index is 1210. The molecular weight excluding hydrogens is 439 g/mol. The number of aromatic nitrogens is 1. The molecule has 2 aliphatic heterocycles. The van der Waals surface area contributed by atoms with Crippen LogP contribution in [0.4, 0.5) is 18.9 Å². The zero-order valence-corrected chi connectivity index (χ0v) is 19.8. The third kappa shape index (κ3) is 4.11. The minimum Gasteiger partial charge on any atom is -0.370 e. The molecule has 1 N–H and O–H groups in total. The highest BCUT2D eigenvalue weighted by molar-refractivity contribution is 5.85. The number of benzene rings is 2. The topological polar surface area (TPSA) is 39.3 Å². The number of aromatic amines is 1. The van der Waals surface area contributed by atoms with Crippen molar-refractivity contribution in [3.63, 3.8) is 0 Å². The minimum absolute atomic E-state index is 0.0442. The van der Waals surface area contributed by atoms with E-state index in [9.17, 15) is 9.18 Å². The van der Waals surface area contributed by atoms with Gasteiger partial charge in [-0.3, -0.25) is 9.69 Å². The van der Waals surface area contributed by atoms with Crippen LogP contribution in [0, 0.1) is 11.6 Å². The van der Waals surface area contributed by atoms with E-state index in [1.54, 1.807) is 0 Å². The highest BCUT2D eigenvalue weighted by Crippen LogP contribution is 2.43. The molecule has 34 heavy (non-hydrogen) atoms. The molecule has 0 radical (unpaired) electrons. The Kier molecular flexibility index (Phi) is 5.71. The second kappa shape index (κ2) is 8.45. The highest BCUT2D eigenvalue weighted by Gasteiger charge is 2.41. The molecule has 1 saturated heterocycles. The van der Waals surface area contributed by atoms with Crippen LogP contribution in [0.25, 0.3) is 10.9 Å². The normalized spacial score (nSPS) is 21.8. The number of piperidine rings is 1. The number of ketones is 1. The van der Waals surface area contributed by atoms with Crippen molar-refractivity contribution >= 4 is 22.4 Å². The van der Waals surface area contributed by atoms with E-state index in [2.05, 4.69) is 4.98 Å². The number of para-hydroxylation sites is 1. The highest BCUT2D eigenvalue weighted by atomic mass is 19.1. The van der Waals surface area contributed by atoms with Gasteiger partial charge in [0.15, 0.2) is 0 Å². The molecule has 2 atom stereocenters. The Morgan fingerprint density at radius 1 is 1.09 bits per heavy atom. The van der Waals surface area contributed by atoms with E-state index in [-0.39, 0.29) is 23.9 Å². The monoisotopic (exact) mass is 469 g/mol. The summed E-state index contributed by atoms with van der Waals surface area (Å²) in [6.07, 6.45) is 1.42. The average Bonchev–Trinajstić information content (AvgIpc) is 3.13. The molecule has 1 fully saturated rings. The Morgan fingerprint density at radius 2 is 1.74 bits per heavy atom. The number of nitrogens with one attached hydrogen (secondary N) is 1. The maximum Gasteiger partial charge on any atom is 0.136 e. The van der Waals surface area contributed by atoms with E-state index in [1.165, 1.54) is 26.0 Å². The summed E-state index contributed by atoms with van der Waals surface area (Å²) in [5, 5.41) is 1.03. The van der Waals surface area contributed by atoms with Crippen molar-refractivity contribution in [3.8, 4) is 0 Å². The zero-order chi connectivity index (χ0) is 24.2. The van der Waals surface area contributed by atoms with Gasteiger partial charge in [0.2, 0.25) is 0 Å². The van der Waals surface area contributed by atoms with Crippen LogP contribution in [0.3, 0.4) is 0 Å². The van der Waals surface area contributed by atoms with Gasteiger partial charge in [0, 0.05) is 66.4 Å². The van der Waals surface area contributed by atoms with Gasteiger partial charge >= 0.3 is 0 Å². The molecule has 4 nitrogen and oxygen atoms in total. The van der Waals surface area contributed by atoms with Crippen molar-refractivity contribution in [2.45, 2.75) is 57.8 Å². The number of Topliss-reactive ketones (excluding diaryl/α,β-unsaturated/α-hetero) is 1. The quantitative estimate of drug-likeness (QED) is 0.533. The van der Waals surface area contributed by atoms with Crippen molar-refractivity contribution < 1.29 is 18.0 Å². The maximum absolute atomic E-state index is 15.7. The number of halogens is 3. The molecule has 5 rings (SSSR count). The summed E-state index contributed by atoms with van der Waals surface area (Å²) >= 11 is 0. The van der Waals surface area contributed by atoms with Crippen LogP contribution in [0.15, 0.2) is 36.4 Å². The van der Waals surface area contributed by atoms with Gasteiger partial charge in [-0.05, 0) is 51.0 Å². The van der Waals surface area contributed by atoms with Crippen LogP contribution in [-0.2, 0) is 11.2 Å². The lowest BCUT2D eigenvalue weighted by Gasteiger charge is -2.43. The first-order chi connectivity index (χ1) is 16.1. The van der Waals surface area contributed by atoms with Crippen molar-refractivity contribution in [1.82, 2.24) is 9.88 Å². The lowest BCUT2D eigenvalue weighted by Crippen LogP contribution is -2.48. The number of carbonyl (C=O) groups is 1. The number of fused-ring (bicyclic) bond motifs is 3. The fraction of sp³-hybridized carbons (Fsp3) is 0.444. The van der Waals surface area contributed by atoms with Crippen LogP contribution in [0.1, 0.15) is 56.5 Å². The van der Waals surface area contributed by atoms with Gasteiger partial charge in [-0.2, -0.15) is 0 Å². The van der Waals surface area contributed by atoms with Crippen LogP contribution in [0.2, 0.25) is 0 Å². The fourth-order valence-electron chi connectivity index (χ4n) is 5.53. The Balaban J connectivity index is 1.64. The lowest BCUT2D eigenvalue weighted by molar-refractivity contribution is -0.119. The number of H-pyrrole nitrogens is 1. The van der Waals surface area contributed by atoms with E-state index in [1.807, 2.05) is 41.0 Å². The summed E-state index contributed by atoms with van der Waals surface area (Å²) in [6.45, 7) is 5.91. The second-order valence-electron chi connectivity index (χ2n) is 10.3. The molecule has 0 aliphatic carbocycles. The summed E-state index contributed by atoms with van der Waals surface area (Å²) in [5.74, 6) is -1.14.